The van der Waals surface area contributed by atoms with Gasteiger partial charge in [0.1, 0.15) is 5.60 Å². The summed E-state index contributed by atoms with van der Waals surface area (Å²) in [4.78, 5) is 10.1. The molecule has 1 radical (unpaired) electrons. The van der Waals surface area contributed by atoms with Crippen molar-refractivity contribution in [2.75, 3.05) is 0 Å². The van der Waals surface area contributed by atoms with E-state index in [1.54, 1.807) is 20.8 Å². The third-order valence-electron chi connectivity index (χ3n) is 1.03. The second-order valence-corrected chi connectivity index (χ2v) is 3.66. The molecule has 0 aliphatic carbocycles. The molecule has 0 heterocycles. The van der Waals surface area contributed by atoms with Crippen molar-refractivity contribution in [1.29, 1.82) is 0 Å². The molecule has 0 atom stereocenters. The fourth-order valence-corrected chi connectivity index (χ4v) is 0.683. The smallest absolute Gasteiger partial charge is 0.165 e. The Labute approximate surface area is 117 Å². The van der Waals surface area contributed by atoms with Crippen molar-refractivity contribution in [3.8, 4) is 0 Å². The van der Waals surface area contributed by atoms with Gasteiger partial charge in [0.25, 0.3) is 0 Å². The molecule has 0 N–H and O–H groups in total. The van der Waals surface area contributed by atoms with E-state index in [2.05, 4.69) is 17.7 Å². The average Bonchev–Trinajstić information content (AvgIpc) is 2.03. The molecule has 0 fully saturated rings. The SMILES string of the molecule is [CH2-]C(=O)OC(C)(C)C.[Y].[c-]1ccccc1. The molecule has 0 aliphatic rings. The topological polar surface area (TPSA) is 26.3 Å². The summed E-state index contributed by atoms with van der Waals surface area (Å²) in [5.74, 6) is -0.475. The summed E-state index contributed by atoms with van der Waals surface area (Å²) in [5, 5.41) is 0. The molecule has 0 unspecified atom stereocenters. The van der Waals surface area contributed by atoms with E-state index in [0.29, 0.717) is 0 Å². The number of esters is 1. The summed E-state index contributed by atoms with van der Waals surface area (Å²) in [6, 6.07) is 12.5. The van der Waals surface area contributed by atoms with Crippen molar-refractivity contribution in [1.82, 2.24) is 0 Å². The Bertz CT molecular complexity index is 225. The molecule has 0 saturated heterocycles. The molecule has 81 valence electrons. The summed E-state index contributed by atoms with van der Waals surface area (Å²) in [7, 11) is 0. The largest absolute Gasteiger partial charge is 0.483 e. The second kappa shape index (κ2) is 8.93. The quantitative estimate of drug-likeness (QED) is 0.540. The second-order valence-electron chi connectivity index (χ2n) is 3.66. The van der Waals surface area contributed by atoms with Crippen LogP contribution in [0, 0.1) is 13.0 Å². The number of carbonyl (C=O) groups is 1. The number of ether oxygens (including phenoxy) is 1. The molecule has 0 aromatic heterocycles. The molecular formula is C12H16O2Y-2. The van der Waals surface area contributed by atoms with Crippen LogP contribution in [0.25, 0.3) is 0 Å². The summed E-state index contributed by atoms with van der Waals surface area (Å²) in [5.41, 5.74) is -0.390. The van der Waals surface area contributed by atoms with Crippen LogP contribution in [0.1, 0.15) is 20.8 Å². The van der Waals surface area contributed by atoms with Gasteiger partial charge in [0.05, 0.1) is 0 Å². The number of carbonyl (C=O) groups excluding carboxylic acids is 1. The summed E-state index contributed by atoms with van der Waals surface area (Å²) in [6.45, 7) is 8.47. The van der Waals surface area contributed by atoms with Gasteiger partial charge in [-0.2, -0.15) is 36.4 Å². The maximum absolute atomic E-state index is 10.1. The van der Waals surface area contributed by atoms with Gasteiger partial charge >= 0.3 is 0 Å². The van der Waals surface area contributed by atoms with Crippen molar-refractivity contribution in [3.05, 3.63) is 43.3 Å². The van der Waals surface area contributed by atoms with E-state index in [1.807, 2.05) is 30.3 Å². The van der Waals surface area contributed by atoms with Crippen LogP contribution in [-0.2, 0) is 42.2 Å². The van der Waals surface area contributed by atoms with Crippen molar-refractivity contribution in [2.45, 2.75) is 26.4 Å². The van der Waals surface area contributed by atoms with Crippen LogP contribution in [0.15, 0.2) is 30.3 Å². The van der Waals surface area contributed by atoms with Gasteiger partial charge in [-0.25, -0.2) is 0 Å². The van der Waals surface area contributed by atoms with Gasteiger partial charge in [-0.1, -0.05) is 0 Å². The van der Waals surface area contributed by atoms with Crippen LogP contribution in [0.5, 0.6) is 0 Å². The van der Waals surface area contributed by atoms with E-state index < -0.39 is 11.6 Å². The number of rotatable bonds is 0. The molecule has 1 rings (SSSR count). The van der Waals surface area contributed by atoms with Crippen molar-refractivity contribution in [2.24, 2.45) is 0 Å². The monoisotopic (exact) mass is 281 g/mol. The molecule has 0 bridgehead atoms. The fraction of sp³-hybridized carbons (Fsp3) is 0.333. The number of benzene rings is 1. The predicted molar refractivity (Wildman–Crippen MR) is 56.5 cm³/mol. The summed E-state index contributed by atoms with van der Waals surface area (Å²) >= 11 is 0. The van der Waals surface area contributed by atoms with Crippen molar-refractivity contribution in [3.63, 3.8) is 0 Å². The summed E-state index contributed by atoms with van der Waals surface area (Å²) in [6.07, 6.45) is 0. The Morgan fingerprint density at radius 1 is 1.20 bits per heavy atom. The van der Waals surface area contributed by atoms with E-state index in [-0.39, 0.29) is 32.7 Å². The fourth-order valence-electron chi connectivity index (χ4n) is 0.683. The maximum atomic E-state index is 10.1. The van der Waals surface area contributed by atoms with Gasteiger partial charge in [0, 0.05) is 32.7 Å². The average molecular weight is 281 g/mol. The van der Waals surface area contributed by atoms with E-state index in [4.69, 9.17) is 0 Å². The van der Waals surface area contributed by atoms with Gasteiger partial charge in [-0.15, -0.1) is 0 Å². The van der Waals surface area contributed by atoms with Crippen LogP contribution in [0.2, 0.25) is 0 Å². The van der Waals surface area contributed by atoms with Crippen LogP contribution in [0.4, 0.5) is 0 Å². The standard InChI is InChI=1S/C6H11O2.C6H5.Y/c1-5(7)8-6(2,3)4;1-2-4-6-5-3-1;/h1H2,2-4H3;1-5H;/q2*-1;. The maximum Gasteiger partial charge on any atom is 0.165 e. The molecule has 2 nitrogen and oxygen atoms in total. The Balaban J connectivity index is 0. The third kappa shape index (κ3) is 16.3. The zero-order valence-corrected chi connectivity index (χ0v) is 12.3. The van der Waals surface area contributed by atoms with Crippen molar-refractivity contribution < 1.29 is 42.2 Å². The first-order valence-electron chi connectivity index (χ1n) is 4.38. The van der Waals surface area contributed by atoms with Crippen LogP contribution >= 0.6 is 0 Å². The molecule has 0 spiro atoms. The molecule has 1 aromatic rings. The Kier molecular flexibility index (Phi) is 10.2. The van der Waals surface area contributed by atoms with Crippen LogP contribution in [0.3, 0.4) is 0 Å². The van der Waals surface area contributed by atoms with Gasteiger partial charge in [-0.05, 0) is 20.8 Å². The number of hydrogen-bond acceptors (Lipinski definition) is 2. The van der Waals surface area contributed by atoms with Gasteiger partial charge in [-0.3, -0.25) is 11.7 Å². The van der Waals surface area contributed by atoms with Crippen LogP contribution in [-0.4, -0.2) is 11.6 Å². The molecule has 0 aliphatic heterocycles. The van der Waals surface area contributed by atoms with Gasteiger partial charge in [0.2, 0.25) is 0 Å². The zero-order chi connectivity index (χ0) is 11.0. The van der Waals surface area contributed by atoms with E-state index in [9.17, 15) is 4.79 Å². The Morgan fingerprint density at radius 3 is 1.73 bits per heavy atom. The summed E-state index contributed by atoms with van der Waals surface area (Å²) < 4.78 is 4.69. The Morgan fingerprint density at radius 2 is 1.67 bits per heavy atom. The normalized spacial score (nSPS) is 9.00. The zero-order valence-electron chi connectivity index (χ0n) is 9.49. The van der Waals surface area contributed by atoms with Gasteiger partial charge in [0.15, 0.2) is 5.97 Å². The third-order valence-corrected chi connectivity index (χ3v) is 1.03. The van der Waals surface area contributed by atoms with E-state index in [1.165, 1.54) is 0 Å². The minimum atomic E-state index is -0.475. The first kappa shape index (κ1) is 17.1. The molecule has 15 heavy (non-hydrogen) atoms. The molecule has 0 saturated carbocycles. The molecule has 3 heteroatoms. The first-order valence-corrected chi connectivity index (χ1v) is 4.38. The van der Waals surface area contributed by atoms with Crippen molar-refractivity contribution >= 4 is 5.97 Å². The predicted octanol–water partition coefficient (Wildman–Crippen LogP) is 2.65. The van der Waals surface area contributed by atoms with E-state index in [0.717, 1.165) is 0 Å². The minimum Gasteiger partial charge on any atom is -0.483 e. The molecule has 0 amide bonds. The first-order chi connectivity index (χ1) is 6.42. The molecular weight excluding hydrogens is 265 g/mol. The van der Waals surface area contributed by atoms with Crippen LogP contribution < -0.4 is 0 Å². The number of hydrogen-bond donors (Lipinski definition) is 0. The molecule has 1 aromatic carbocycles. The minimum absolute atomic E-state index is 0. The Hall–Kier alpha value is -0.336. The van der Waals surface area contributed by atoms with Gasteiger partial charge < -0.3 is 4.74 Å². The van der Waals surface area contributed by atoms with E-state index >= 15 is 0 Å².